The average molecular weight is 335 g/mol. The molecule has 2 heterocycles. The summed E-state index contributed by atoms with van der Waals surface area (Å²) in [5.41, 5.74) is 2.31. The van der Waals surface area contributed by atoms with Crippen LogP contribution < -0.4 is 15.5 Å². The molecule has 0 spiro atoms. The first kappa shape index (κ1) is 15.8. The second kappa shape index (κ2) is 7.44. The predicted octanol–water partition coefficient (Wildman–Crippen LogP) is 3.23. The number of hydrogen-bond donors (Lipinski definition) is 3. The van der Waals surface area contributed by atoms with Crippen molar-refractivity contribution in [3.05, 3.63) is 29.7 Å². The van der Waals surface area contributed by atoms with Gasteiger partial charge in [-0.15, -0.1) is 23.5 Å². The van der Waals surface area contributed by atoms with E-state index in [-0.39, 0.29) is 5.25 Å². The first-order valence-electron chi connectivity index (χ1n) is 7.60. The molecule has 1 unspecified atom stereocenters. The highest BCUT2D eigenvalue weighted by atomic mass is 32.2. The number of amidine groups is 1. The molecule has 0 saturated carbocycles. The third kappa shape index (κ3) is 3.62. The van der Waals surface area contributed by atoms with Gasteiger partial charge in [0.05, 0.1) is 10.9 Å². The Kier molecular flexibility index (Phi) is 5.33. The number of benzene rings is 1. The van der Waals surface area contributed by atoms with Crippen LogP contribution in [0.15, 0.2) is 34.6 Å². The molecule has 118 valence electrons. The molecule has 2 aliphatic heterocycles. The Morgan fingerprint density at radius 3 is 3.14 bits per heavy atom. The van der Waals surface area contributed by atoms with Gasteiger partial charge in [-0.25, -0.2) is 0 Å². The molecule has 1 aromatic carbocycles. The monoisotopic (exact) mass is 334 g/mol. The van der Waals surface area contributed by atoms with E-state index in [1.165, 1.54) is 10.6 Å². The second-order valence-electron chi connectivity index (χ2n) is 5.39. The summed E-state index contributed by atoms with van der Waals surface area (Å²) >= 11 is 3.64. The van der Waals surface area contributed by atoms with E-state index < -0.39 is 0 Å². The SMILES string of the molecule is CNCCN1CCSc2ccc(NC(=N)C3CC=CS3)cc21. The van der Waals surface area contributed by atoms with Crippen LogP contribution in [-0.2, 0) is 0 Å². The molecule has 2 aliphatic rings. The standard InChI is InChI=1S/C16H22N4S2/c1-18-6-7-20-8-10-22-14-5-4-12(11-13(14)20)19-16(17)15-3-2-9-21-15/h2,4-5,9,11,15,18H,3,6-8,10H2,1H3,(H2,17,19). The molecule has 0 fully saturated rings. The van der Waals surface area contributed by atoms with Crippen LogP contribution >= 0.6 is 23.5 Å². The fourth-order valence-electron chi connectivity index (χ4n) is 2.64. The van der Waals surface area contributed by atoms with Crippen LogP contribution in [0.3, 0.4) is 0 Å². The average Bonchev–Trinajstić information content (AvgIpc) is 3.07. The normalized spacial score (nSPS) is 20.0. The summed E-state index contributed by atoms with van der Waals surface area (Å²) < 4.78 is 0. The summed E-state index contributed by atoms with van der Waals surface area (Å²) in [5.74, 6) is 1.74. The smallest absolute Gasteiger partial charge is 0.112 e. The number of allylic oxidation sites excluding steroid dienone is 1. The van der Waals surface area contributed by atoms with E-state index >= 15 is 0 Å². The van der Waals surface area contributed by atoms with Gasteiger partial charge in [-0.05, 0) is 37.1 Å². The van der Waals surface area contributed by atoms with Gasteiger partial charge in [0.2, 0.25) is 0 Å². The molecule has 4 nitrogen and oxygen atoms in total. The van der Waals surface area contributed by atoms with Gasteiger partial charge in [-0.3, -0.25) is 5.41 Å². The second-order valence-corrected chi connectivity index (χ2v) is 7.64. The number of fused-ring (bicyclic) bond motifs is 1. The van der Waals surface area contributed by atoms with Crippen LogP contribution in [0, 0.1) is 5.41 Å². The number of hydrogen-bond acceptors (Lipinski definition) is 5. The van der Waals surface area contributed by atoms with E-state index in [1.54, 1.807) is 11.8 Å². The highest BCUT2D eigenvalue weighted by Gasteiger charge is 2.20. The molecule has 0 saturated heterocycles. The molecule has 0 aliphatic carbocycles. The van der Waals surface area contributed by atoms with E-state index in [4.69, 9.17) is 5.41 Å². The number of thioether (sulfide) groups is 2. The van der Waals surface area contributed by atoms with Gasteiger partial charge in [-0.1, -0.05) is 6.08 Å². The zero-order valence-electron chi connectivity index (χ0n) is 12.8. The fraction of sp³-hybridized carbons (Fsp3) is 0.438. The Labute approximate surface area is 140 Å². The molecule has 1 aromatic rings. The third-order valence-electron chi connectivity index (χ3n) is 3.84. The predicted molar refractivity (Wildman–Crippen MR) is 99.8 cm³/mol. The first-order chi connectivity index (χ1) is 10.8. The zero-order chi connectivity index (χ0) is 15.4. The lowest BCUT2D eigenvalue weighted by Crippen LogP contribution is -2.34. The quantitative estimate of drug-likeness (QED) is 0.570. The minimum Gasteiger partial charge on any atom is -0.368 e. The highest BCUT2D eigenvalue weighted by Crippen LogP contribution is 2.36. The van der Waals surface area contributed by atoms with Crippen LogP contribution in [0.1, 0.15) is 6.42 Å². The van der Waals surface area contributed by atoms with Crippen LogP contribution in [0.2, 0.25) is 0 Å². The van der Waals surface area contributed by atoms with Crippen molar-refractivity contribution in [3.63, 3.8) is 0 Å². The highest BCUT2D eigenvalue weighted by molar-refractivity contribution is 8.03. The lowest BCUT2D eigenvalue weighted by Gasteiger charge is -2.31. The molecular weight excluding hydrogens is 312 g/mol. The van der Waals surface area contributed by atoms with Crippen molar-refractivity contribution >= 4 is 40.7 Å². The summed E-state index contributed by atoms with van der Waals surface area (Å²) in [6, 6.07) is 6.47. The van der Waals surface area contributed by atoms with Gasteiger partial charge in [-0.2, -0.15) is 0 Å². The van der Waals surface area contributed by atoms with E-state index in [1.807, 2.05) is 18.8 Å². The number of nitrogens with zero attached hydrogens (tertiary/aromatic N) is 1. The van der Waals surface area contributed by atoms with Crippen molar-refractivity contribution in [2.24, 2.45) is 0 Å². The Morgan fingerprint density at radius 1 is 1.45 bits per heavy atom. The molecule has 1 atom stereocenters. The fourth-order valence-corrected chi connectivity index (χ4v) is 4.50. The minimum atomic E-state index is 0.241. The van der Waals surface area contributed by atoms with Gasteiger partial charge in [0.15, 0.2) is 0 Å². The molecule has 6 heteroatoms. The van der Waals surface area contributed by atoms with E-state index in [9.17, 15) is 0 Å². The van der Waals surface area contributed by atoms with Crippen LogP contribution in [-0.4, -0.2) is 43.5 Å². The molecule has 0 amide bonds. The first-order valence-corrected chi connectivity index (χ1v) is 9.53. The van der Waals surface area contributed by atoms with Crippen molar-refractivity contribution in [1.82, 2.24) is 5.32 Å². The molecule has 0 radical (unpaired) electrons. The maximum atomic E-state index is 8.22. The number of anilines is 2. The van der Waals surface area contributed by atoms with Crippen molar-refractivity contribution in [1.29, 1.82) is 5.41 Å². The zero-order valence-corrected chi connectivity index (χ0v) is 14.4. The summed E-state index contributed by atoms with van der Waals surface area (Å²) in [7, 11) is 1.99. The van der Waals surface area contributed by atoms with Gasteiger partial charge in [0, 0.05) is 36.0 Å². The summed E-state index contributed by atoms with van der Waals surface area (Å²) in [6.07, 6.45) is 3.08. The van der Waals surface area contributed by atoms with E-state index in [0.717, 1.165) is 37.5 Å². The number of likely N-dealkylation sites (N-methyl/N-ethyl adjacent to an activating group) is 1. The third-order valence-corrected chi connectivity index (χ3v) is 5.99. The lowest BCUT2D eigenvalue weighted by atomic mass is 10.2. The largest absolute Gasteiger partial charge is 0.368 e. The Morgan fingerprint density at radius 2 is 2.36 bits per heavy atom. The number of rotatable bonds is 5. The topological polar surface area (TPSA) is 51.1 Å². The minimum absolute atomic E-state index is 0.241. The van der Waals surface area contributed by atoms with Crippen molar-refractivity contribution < 1.29 is 0 Å². The molecule has 0 aromatic heterocycles. The van der Waals surface area contributed by atoms with Gasteiger partial charge < -0.3 is 15.5 Å². The van der Waals surface area contributed by atoms with Gasteiger partial charge >= 0.3 is 0 Å². The van der Waals surface area contributed by atoms with Crippen molar-refractivity contribution in [2.45, 2.75) is 16.6 Å². The molecule has 22 heavy (non-hydrogen) atoms. The van der Waals surface area contributed by atoms with Crippen molar-refractivity contribution in [2.75, 3.05) is 42.7 Å². The molecular formula is C16H22N4S2. The van der Waals surface area contributed by atoms with Crippen molar-refractivity contribution in [3.8, 4) is 0 Å². The number of nitrogens with one attached hydrogen (secondary N) is 3. The lowest BCUT2D eigenvalue weighted by molar-refractivity contribution is 0.731. The Bertz CT molecular complexity index is 565. The Balaban J connectivity index is 1.72. The van der Waals surface area contributed by atoms with Gasteiger partial charge in [0.1, 0.15) is 5.84 Å². The van der Waals surface area contributed by atoms with E-state index in [0.29, 0.717) is 5.84 Å². The maximum Gasteiger partial charge on any atom is 0.112 e. The van der Waals surface area contributed by atoms with Crippen LogP contribution in [0.25, 0.3) is 0 Å². The summed E-state index contributed by atoms with van der Waals surface area (Å²) in [6.45, 7) is 3.10. The molecule has 0 bridgehead atoms. The van der Waals surface area contributed by atoms with Crippen LogP contribution in [0.5, 0.6) is 0 Å². The van der Waals surface area contributed by atoms with E-state index in [2.05, 4.69) is 45.2 Å². The summed E-state index contributed by atoms with van der Waals surface area (Å²) in [5, 5.41) is 17.1. The van der Waals surface area contributed by atoms with Crippen LogP contribution in [0.4, 0.5) is 11.4 Å². The van der Waals surface area contributed by atoms with Gasteiger partial charge in [0.25, 0.3) is 0 Å². The summed E-state index contributed by atoms with van der Waals surface area (Å²) in [4.78, 5) is 3.78. The molecule has 3 N–H and O–H groups in total. The maximum absolute atomic E-state index is 8.22. The Hall–Kier alpha value is -1.11. The molecule has 3 rings (SSSR count).